The second-order valence-electron chi connectivity index (χ2n) is 3.59. The lowest BCUT2D eigenvalue weighted by Crippen LogP contribution is -2.29. The average Bonchev–Trinajstić information content (AvgIpc) is 2.26. The number of para-hydroxylation sites is 2. The highest BCUT2D eigenvalue weighted by atomic mass is 16.5. The van der Waals surface area contributed by atoms with E-state index in [1.54, 1.807) is 24.3 Å². The molecule has 0 bridgehead atoms. The molecule has 0 unspecified atom stereocenters. The Morgan fingerprint density at radius 3 is 2.62 bits per heavy atom. The zero-order valence-electron chi connectivity index (χ0n) is 8.97. The van der Waals surface area contributed by atoms with Crippen molar-refractivity contribution in [3.8, 4) is 0 Å². The Hall–Kier alpha value is -2.17. The van der Waals surface area contributed by atoms with Crippen molar-refractivity contribution in [1.82, 2.24) is 4.73 Å². The Bertz CT molecular complexity index is 643. The lowest BCUT2D eigenvalue weighted by Gasteiger charge is -2.03. The molecule has 0 amide bonds. The lowest BCUT2D eigenvalue weighted by atomic mass is 10.2. The number of rotatable bonds is 1. The van der Waals surface area contributed by atoms with Gasteiger partial charge in [-0.3, -0.25) is 4.79 Å². The summed E-state index contributed by atoms with van der Waals surface area (Å²) in [5, 5.41) is 9.82. The van der Waals surface area contributed by atoms with Crippen molar-refractivity contribution in [1.29, 1.82) is 0 Å². The maximum absolute atomic E-state index is 11.9. The fraction of sp³-hybridized carbons (Fsp3) is 0.182. The summed E-state index contributed by atoms with van der Waals surface area (Å²) < 4.78 is 1.42. The van der Waals surface area contributed by atoms with E-state index < -0.39 is 0 Å². The largest absolute Gasteiger partial charge is 0.428 e. The molecule has 1 heterocycles. The SMILES string of the molecule is CC(=O)c1c(C)n(O)c2ccccc2[n+]1=O. The van der Waals surface area contributed by atoms with Crippen LogP contribution in [0.25, 0.3) is 11.0 Å². The van der Waals surface area contributed by atoms with E-state index >= 15 is 0 Å². The second kappa shape index (κ2) is 3.44. The molecule has 0 spiro atoms. The number of hydrogen-bond donors (Lipinski definition) is 1. The van der Waals surface area contributed by atoms with Crippen molar-refractivity contribution in [3.63, 3.8) is 0 Å². The summed E-state index contributed by atoms with van der Waals surface area (Å²) in [6, 6.07) is 6.56. The van der Waals surface area contributed by atoms with E-state index in [9.17, 15) is 14.9 Å². The summed E-state index contributed by atoms with van der Waals surface area (Å²) in [6.07, 6.45) is 0. The van der Waals surface area contributed by atoms with Gasteiger partial charge in [0.15, 0.2) is 5.52 Å². The standard InChI is InChI=1S/C11H11N2O3/c1-7-11(8(2)14)13(16)10-6-4-3-5-9(10)12(7)15/h3-6,15H,1-2H3/q+1. The van der Waals surface area contributed by atoms with Crippen molar-refractivity contribution in [2.45, 2.75) is 13.8 Å². The van der Waals surface area contributed by atoms with Gasteiger partial charge >= 0.3 is 5.69 Å². The van der Waals surface area contributed by atoms with Gasteiger partial charge in [0.2, 0.25) is 5.78 Å². The Morgan fingerprint density at radius 1 is 1.38 bits per heavy atom. The molecular weight excluding hydrogens is 208 g/mol. The number of ketones is 1. The third kappa shape index (κ3) is 1.29. The average molecular weight is 219 g/mol. The molecule has 82 valence electrons. The molecule has 0 radical (unpaired) electrons. The highest BCUT2D eigenvalue weighted by molar-refractivity contribution is 5.92. The van der Waals surface area contributed by atoms with Crippen LogP contribution in [0.5, 0.6) is 0 Å². The molecule has 2 aromatic rings. The highest BCUT2D eigenvalue weighted by Crippen LogP contribution is 2.12. The minimum absolute atomic E-state index is 0.0406. The van der Waals surface area contributed by atoms with Crippen LogP contribution in [0.1, 0.15) is 23.1 Å². The number of carbonyl (C=O) groups excluding carboxylic acids is 1. The van der Waals surface area contributed by atoms with Gasteiger partial charge in [-0.15, -0.1) is 0 Å². The summed E-state index contributed by atoms with van der Waals surface area (Å²) in [4.78, 5) is 23.3. The second-order valence-corrected chi connectivity index (χ2v) is 3.59. The summed E-state index contributed by atoms with van der Waals surface area (Å²) in [7, 11) is 0. The maximum Gasteiger partial charge on any atom is 0.328 e. The van der Waals surface area contributed by atoms with Gasteiger partial charge in [-0.2, -0.15) is 4.73 Å². The molecule has 0 saturated carbocycles. The number of fused-ring (bicyclic) bond motifs is 1. The number of nitrogens with zero attached hydrogens (tertiary/aromatic N) is 2. The van der Waals surface area contributed by atoms with Crippen LogP contribution in [0.3, 0.4) is 0 Å². The van der Waals surface area contributed by atoms with Crippen molar-refractivity contribution < 1.29 is 14.4 Å². The predicted molar refractivity (Wildman–Crippen MR) is 57.2 cm³/mol. The van der Waals surface area contributed by atoms with Crippen molar-refractivity contribution in [2.24, 2.45) is 0 Å². The minimum atomic E-state index is -0.374. The molecule has 1 N–H and O–H groups in total. The first-order chi connectivity index (χ1) is 7.54. The molecular formula is C11H11N2O3+. The van der Waals surface area contributed by atoms with E-state index in [1.165, 1.54) is 13.8 Å². The topological polar surface area (TPSA) is 65.2 Å². The number of hydrogen-bond acceptors (Lipinski definition) is 3. The minimum Gasteiger partial charge on any atom is -0.428 e. The van der Waals surface area contributed by atoms with Crippen LogP contribution in [-0.2, 0) is 0 Å². The molecule has 0 atom stereocenters. The fourth-order valence-corrected chi connectivity index (χ4v) is 1.76. The van der Waals surface area contributed by atoms with E-state index in [-0.39, 0.29) is 22.7 Å². The summed E-state index contributed by atoms with van der Waals surface area (Å²) >= 11 is 0. The van der Waals surface area contributed by atoms with Crippen LogP contribution in [0.15, 0.2) is 24.3 Å². The quantitative estimate of drug-likeness (QED) is 0.446. The molecule has 0 aliphatic rings. The number of carbonyl (C=O) groups is 1. The summed E-state index contributed by atoms with van der Waals surface area (Å²) in [5.41, 5.74) is 0.836. The third-order valence-corrected chi connectivity index (χ3v) is 2.53. The van der Waals surface area contributed by atoms with Crippen LogP contribution in [0.2, 0.25) is 0 Å². The first-order valence-corrected chi connectivity index (χ1v) is 4.81. The van der Waals surface area contributed by atoms with Crippen molar-refractivity contribution in [3.05, 3.63) is 40.6 Å². The number of Topliss-reactive ketones (excluding diaryl/α,β-unsaturated/α-hetero) is 1. The maximum atomic E-state index is 11.9. The van der Waals surface area contributed by atoms with E-state index in [0.29, 0.717) is 9.94 Å². The van der Waals surface area contributed by atoms with Crippen LogP contribution in [0.4, 0.5) is 0 Å². The van der Waals surface area contributed by atoms with E-state index in [4.69, 9.17) is 0 Å². The summed E-state index contributed by atoms with van der Waals surface area (Å²) in [5.74, 6) is -0.374. The predicted octanol–water partition coefficient (Wildman–Crippen LogP) is 1.30. The first-order valence-electron chi connectivity index (χ1n) is 4.81. The first kappa shape index (κ1) is 10.4. The number of benzene rings is 1. The normalized spacial score (nSPS) is 10.6. The van der Waals surface area contributed by atoms with Crippen LogP contribution >= 0.6 is 0 Å². The van der Waals surface area contributed by atoms with E-state index in [1.807, 2.05) is 0 Å². The third-order valence-electron chi connectivity index (χ3n) is 2.53. The van der Waals surface area contributed by atoms with Crippen LogP contribution in [-0.4, -0.2) is 15.7 Å². The molecule has 0 fully saturated rings. The van der Waals surface area contributed by atoms with Gasteiger partial charge in [-0.05, 0) is 13.0 Å². The van der Waals surface area contributed by atoms with Gasteiger partial charge in [0.05, 0.1) is 4.43 Å². The van der Waals surface area contributed by atoms with E-state index in [2.05, 4.69) is 0 Å². The van der Waals surface area contributed by atoms with Gasteiger partial charge < -0.3 is 5.21 Å². The molecule has 16 heavy (non-hydrogen) atoms. The van der Waals surface area contributed by atoms with Gasteiger partial charge in [-0.1, -0.05) is 12.1 Å². The van der Waals surface area contributed by atoms with Crippen molar-refractivity contribution in [2.75, 3.05) is 0 Å². The Labute approximate surface area is 91.1 Å². The molecule has 0 saturated heterocycles. The molecule has 2 rings (SSSR count). The Morgan fingerprint density at radius 2 is 2.00 bits per heavy atom. The monoisotopic (exact) mass is 219 g/mol. The molecule has 0 aliphatic heterocycles. The zero-order chi connectivity index (χ0) is 11.9. The zero-order valence-corrected chi connectivity index (χ0v) is 8.97. The molecule has 1 aromatic carbocycles. The molecule has 0 aliphatic carbocycles. The Kier molecular flexibility index (Phi) is 2.23. The molecule has 5 nitrogen and oxygen atoms in total. The van der Waals surface area contributed by atoms with Crippen LogP contribution < -0.4 is 4.43 Å². The highest BCUT2D eigenvalue weighted by Gasteiger charge is 2.25. The van der Waals surface area contributed by atoms with Crippen molar-refractivity contribution >= 4 is 16.8 Å². The smallest absolute Gasteiger partial charge is 0.328 e. The summed E-state index contributed by atoms with van der Waals surface area (Å²) in [6.45, 7) is 2.82. The van der Waals surface area contributed by atoms with Gasteiger partial charge in [-0.25, -0.2) is 0 Å². The van der Waals surface area contributed by atoms with Gasteiger partial charge in [0, 0.05) is 17.9 Å². The van der Waals surface area contributed by atoms with Gasteiger partial charge in [0.1, 0.15) is 5.69 Å². The Balaban J connectivity index is 3.07. The van der Waals surface area contributed by atoms with E-state index in [0.717, 1.165) is 4.73 Å². The lowest BCUT2D eigenvalue weighted by molar-refractivity contribution is -0.468. The van der Waals surface area contributed by atoms with Gasteiger partial charge in [0.25, 0.3) is 5.52 Å². The number of aromatic nitrogens is 2. The molecule has 5 heteroatoms. The van der Waals surface area contributed by atoms with Crippen LogP contribution in [0, 0.1) is 11.8 Å². The fourth-order valence-electron chi connectivity index (χ4n) is 1.76. The molecule has 1 aromatic heterocycles.